The number of allylic oxidation sites excluding steroid dienone is 2. The molecule has 0 heterocycles. The highest BCUT2D eigenvalue weighted by Gasteiger charge is 2.66. The summed E-state index contributed by atoms with van der Waals surface area (Å²) in [5.41, 5.74) is -0.0297. The van der Waals surface area contributed by atoms with Gasteiger partial charge in [-0.3, -0.25) is 14.4 Å². The predicted molar refractivity (Wildman–Crippen MR) is 138 cm³/mol. The van der Waals surface area contributed by atoms with Gasteiger partial charge in [0, 0.05) is 37.6 Å². The summed E-state index contributed by atoms with van der Waals surface area (Å²) in [6.07, 6.45) is 5.53. The van der Waals surface area contributed by atoms with Crippen LogP contribution in [-0.2, 0) is 28.7 Å². The van der Waals surface area contributed by atoms with Crippen molar-refractivity contribution >= 4 is 23.6 Å². The number of methoxy groups -OCH3 is 1. The SMILES string of the molecule is C/C=C(\C)C(=O)O[C@H]1CC[C@@]2(C)[C@@H](CC(=O)[C@H]3[C@@H](C)/C(=C/C(=O)N(C)CCO)CC[C@@H]32)[C@@]1(C)C(=O)OC. The normalized spacial score (nSPS) is 36.9. The second-order valence-corrected chi connectivity index (χ2v) is 11.6. The average Bonchev–Trinajstić information content (AvgIpc) is 2.87. The molecule has 8 heteroatoms. The molecule has 0 spiro atoms. The summed E-state index contributed by atoms with van der Waals surface area (Å²) >= 11 is 0. The van der Waals surface area contributed by atoms with E-state index in [-0.39, 0.29) is 60.3 Å². The summed E-state index contributed by atoms with van der Waals surface area (Å²) < 4.78 is 11.1. The number of amides is 1. The van der Waals surface area contributed by atoms with Crippen molar-refractivity contribution in [1.29, 1.82) is 0 Å². The molecule has 0 unspecified atom stereocenters. The fourth-order valence-electron chi connectivity index (χ4n) is 7.35. The highest BCUT2D eigenvalue weighted by atomic mass is 16.6. The third kappa shape index (κ3) is 5.01. The van der Waals surface area contributed by atoms with Gasteiger partial charge >= 0.3 is 11.9 Å². The molecule has 8 nitrogen and oxygen atoms in total. The van der Waals surface area contributed by atoms with E-state index < -0.39 is 23.5 Å². The average molecular weight is 518 g/mol. The van der Waals surface area contributed by atoms with E-state index in [4.69, 9.17) is 14.6 Å². The second kappa shape index (κ2) is 11.1. The first-order valence-electron chi connectivity index (χ1n) is 13.4. The Morgan fingerprint density at radius 3 is 2.49 bits per heavy atom. The van der Waals surface area contributed by atoms with Crippen LogP contribution in [0.3, 0.4) is 0 Å². The molecule has 0 bridgehead atoms. The Morgan fingerprint density at radius 2 is 1.89 bits per heavy atom. The Morgan fingerprint density at radius 1 is 1.22 bits per heavy atom. The van der Waals surface area contributed by atoms with Crippen molar-refractivity contribution < 1.29 is 33.8 Å². The Balaban J connectivity index is 1.95. The van der Waals surface area contributed by atoms with Crippen molar-refractivity contribution in [1.82, 2.24) is 4.90 Å². The molecule has 1 N–H and O–H groups in total. The lowest BCUT2D eigenvalue weighted by Crippen LogP contribution is -2.64. The molecular weight excluding hydrogens is 474 g/mol. The zero-order chi connectivity index (χ0) is 27.7. The molecule has 0 aromatic rings. The van der Waals surface area contributed by atoms with Gasteiger partial charge in [0.25, 0.3) is 0 Å². The van der Waals surface area contributed by atoms with Gasteiger partial charge in [0.1, 0.15) is 17.3 Å². The molecule has 7 atom stereocenters. The largest absolute Gasteiger partial charge is 0.468 e. The molecule has 0 aromatic carbocycles. The molecule has 3 aliphatic carbocycles. The second-order valence-electron chi connectivity index (χ2n) is 11.6. The van der Waals surface area contributed by atoms with Crippen LogP contribution < -0.4 is 0 Å². The van der Waals surface area contributed by atoms with Gasteiger partial charge in [-0.1, -0.05) is 25.5 Å². The van der Waals surface area contributed by atoms with Crippen LogP contribution in [0.15, 0.2) is 23.3 Å². The van der Waals surface area contributed by atoms with Crippen LogP contribution in [0.1, 0.15) is 66.7 Å². The van der Waals surface area contributed by atoms with Crippen molar-refractivity contribution in [2.24, 2.45) is 34.5 Å². The minimum absolute atomic E-state index is 0.0501. The summed E-state index contributed by atoms with van der Waals surface area (Å²) in [4.78, 5) is 53.9. The van der Waals surface area contributed by atoms with E-state index in [1.807, 2.05) is 6.92 Å². The van der Waals surface area contributed by atoms with Crippen molar-refractivity contribution in [2.45, 2.75) is 72.8 Å². The van der Waals surface area contributed by atoms with Gasteiger partial charge in [0.15, 0.2) is 0 Å². The van der Waals surface area contributed by atoms with Gasteiger partial charge in [-0.05, 0) is 69.6 Å². The van der Waals surface area contributed by atoms with Gasteiger partial charge in [-0.2, -0.15) is 0 Å². The molecule has 37 heavy (non-hydrogen) atoms. The highest BCUT2D eigenvalue weighted by molar-refractivity contribution is 5.90. The molecule has 3 aliphatic rings. The minimum atomic E-state index is -1.14. The fraction of sp³-hybridized carbons (Fsp3) is 0.724. The zero-order valence-electron chi connectivity index (χ0n) is 23.3. The van der Waals surface area contributed by atoms with Gasteiger partial charge in [-0.25, -0.2) is 4.79 Å². The summed E-state index contributed by atoms with van der Waals surface area (Å²) in [6, 6.07) is 0. The molecule has 3 fully saturated rings. The first kappa shape index (κ1) is 29.1. The Bertz CT molecular complexity index is 1000. The third-order valence-electron chi connectivity index (χ3n) is 9.81. The zero-order valence-corrected chi connectivity index (χ0v) is 23.3. The van der Waals surface area contributed by atoms with E-state index in [0.717, 1.165) is 18.4 Å². The summed E-state index contributed by atoms with van der Waals surface area (Å²) in [7, 11) is 2.99. The number of hydrogen-bond donors (Lipinski definition) is 1. The van der Waals surface area contributed by atoms with Gasteiger partial charge in [0.05, 0.1) is 13.7 Å². The molecular formula is C29H43NO7. The van der Waals surface area contributed by atoms with Crippen molar-refractivity contribution in [3.8, 4) is 0 Å². The lowest BCUT2D eigenvalue weighted by Gasteiger charge is -2.61. The van der Waals surface area contributed by atoms with Crippen LogP contribution in [0.25, 0.3) is 0 Å². The number of carbonyl (C=O) groups excluding carboxylic acids is 4. The summed E-state index contributed by atoms with van der Waals surface area (Å²) in [6.45, 7) is 9.60. The molecule has 0 aliphatic heterocycles. The van der Waals surface area contributed by atoms with Gasteiger partial charge in [-0.15, -0.1) is 0 Å². The van der Waals surface area contributed by atoms with Crippen LogP contribution in [0.2, 0.25) is 0 Å². The van der Waals surface area contributed by atoms with Crippen molar-refractivity contribution in [2.75, 3.05) is 27.3 Å². The number of rotatable bonds is 6. The van der Waals surface area contributed by atoms with Crippen molar-refractivity contribution in [3.63, 3.8) is 0 Å². The highest BCUT2D eigenvalue weighted by Crippen LogP contribution is 2.64. The maximum absolute atomic E-state index is 13.8. The maximum Gasteiger partial charge on any atom is 0.333 e. The Labute approximate surface area is 220 Å². The number of ether oxygens (including phenoxy) is 2. The lowest BCUT2D eigenvalue weighted by atomic mass is 9.42. The Kier molecular flexibility index (Phi) is 8.72. The number of hydrogen-bond acceptors (Lipinski definition) is 7. The number of nitrogens with zero attached hydrogens (tertiary/aromatic N) is 1. The first-order chi connectivity index (χ1) is 17.4. The van der Waals surface area contributed by atoms with Gasteiger partial charge < -0.3 is 19.5 Å². The molecule has 0 aromatic heterocycles. The number of carbonyl (C=O) groups is 4. The first-order valence-corrected chi connectivity index (χ1v) is 13.4. The molecule has 3 saturated carbocycles. The standard InChI is InChI=1S/C29H43NO7/c1-8-17(2)26(34)37-23-11-12-28(4)20-10-9-19(15-24(33)30(6)13-14-31)18(3)25(20)21(32)16-22(28)29(23,5)27(35)36-7/h8,15,18,20,22-23,25,31H,9-14,16H2,1-7H3/b17-8+,19-15+/t18-,20-,22+,23-,25-,28+,29+/m0/s1. The number of fused-ring (bicyclic) bond motifs is 3. The molecule has 206 valence electrons. The number of esters is 2. The summed E-state index contributed by atoms with van der Waals surface area (Å²) in [5.74, 6) is -1.58. The van der Waals surface area contributed by atoms with Crippen LogP contribution in [0, 0.1) is 34.5 Å². The van der Waals surface area contributed by atoms with E-state index >= 15 is 0 Å². The maximum atomic E-state index is 13.8. The monoisotopic (exact) mass is 517 g/mol. The minimum Gasteiger partial charge on any atom is -0.468 e. The topological polar surface area (TPSA) is 110 Å². The number of likely N-dealkylation sites (N-methyl/N-ethyl adjacent to an activating group) is 1. The van der Waals surface area contributed by atoms with E-state index in [0.29, 0.717) is 18.4 Å². The van der Waals surface area contributed by atoms with Crippen LogP contribution >= 0.6 is 0 Å². The smallest absolute Gasteiger partial charge is 0.333 e. The van der Waals surface area contributed by atoms with E-state index in [1.165, 1.54) is 12.0 Å². The summed E-state index contributed by atoms with van der Waals surface area (Å²) in [5, 5.41) is 9.15. The predicted octanol–water partition coefficient (Wildman–Crippen LogP) is 3.47. The lowest BCUT2D eigenvalue weighted by molar-refractivity contribution is -0.204. The fourth-order valence-corrected chi connectivity index (χ4v) is 7.35. The quantitative estimate of drug-likeness (QED) is 0.424. The number of aliphatic hydroxyl groups is 1. The van der Waals surface area contributed by atoms with E-state index in [2.05, 4.69) is 6.92 Å². The van der Waals surface area contributed by atoms with Gasteiger partial charge in [0.2, 0.25) is 5.91 Å². The van der Waals surface area contributed by atoms with E-state index in [1.54, 1.807) is 40.0 Å². The molecule has 3 rings (SSSR count). The number of aliphatic hydroxyl groups excluding tert-OH is 1. The van der Waals surface area contributed by atoms with Crippen LogP contribution in [-0.4, -0.2) is 67.0 Å². The number of ketones is 1. The molecule has 0 radical (unpaired) electrons. The van der Waals surface area contributed by atoms with Crippen LogP contribution in [0.5, 0.6) is 0 Å². The van der Waals surface area contributed by atoms with Crippen LogP contribution in [0.4, 0.5) is 0 Å². The molecule has 0 saturated heterocycles. The van der Waals surface area contributed by atoms with E-state index in [9.17, 15) is 19.2 Å². The molecule has 1 amide bonds. The third-order valence-corrected chi connectivity index (χ3v) is 9.81. The Hall–Kier alpha value is -2.48. The van der Waals surface area contributed by atoms with Crippen molar-refractivity contribution in [3.05, 3.63) is 23.3 Å². The number of Topliss-reactive ketones (excluding diaryl/α,β-unsaturated/α-hetero) is 1.